The Morgan fingerprint density at radius 2 is 1.68 bits per heavy atom. The third-order valence-corrected chi connectivity index (χ3v) is 3.23. The first kappa shape index (κ1) is 13.1. The molecule has 0 unspecified atom stereocenters. The number of anilines is 1. The SMILES string of the molecule is Cc1ccc(C(=O)Nc2ccc(O)cc2C)cc1C. The number of amides is 1. The molecule has 0 bridgehead atoms. The second-order valence-electron chi connectivity index (χ2n) is 4.75. The summed E-state index contributed by atoms with van der Waals surface area (Å²) >= 11 is 0. The molecule has 3 nitrogen and oxygen atoms in total. The van der Waals surface area contributed by atoms with Crippen LogP contribution in [0.15, 0.2) is 36.4 Å². The molecule has 0 saturated carbocycles. The Morgan fingerprint density at radius 1 is 0.947 bits per heavy atom. The molecule has 19 heavy (non-hydrogen) atoms. The fraction of sp³-hybridized carbons (Fsp3) is 0.188. The van der Waals surface area contributed by atoms with Crippen LogP contribution in [0.1, 0.15) is 27.0 Å². The Morgan fingerprint density at radius 3 is 2.32 bits per heavy atom. The van der Waals surface area contributed by atoms with Gasteiger partial charge >= 0.3 is 0 Å². The van der Waals surface area contributed by atoms with Crippen LogP contribution in [-0.4, -0.2) is 11.0 Å². The lowest BCUT2D eigenvalue weighted by molar-refractivity contribution is 0.102. The number of aryl methyl sites for hydroxylation is 3. The summed E-state index contributed by atoms with van der Waals surface area (Å²) in [4.78, 5) is 12.1. The molecule has 2 rings (SSSR count). The number of phenolic OH excluding ortho intramolecular Hbond substituents is 1. The molecule has 0 fully saturated rings. The third kappa shape index (κ3) is 2.94. The van der Waals surface area contributed by atoms with Crippen LogP contribution in [-0.2, 0) is 0 Å². The predicted molar refractivity (Wildman–Crippen MR) is 76.7 cm³/mol. The average Bonchev–Trinajstić information content (AvgIpc) is 2.36. The van der Waals surface area contributed by atoms with E-state index in [0.29, 0.717) is 11.3 Å². The number of hydrogen-bond acceptors (Lipinski definition) is 2. The number of nitrogens with one attached hydrogen (secondary N) is 1. The third-order valence-electron chi connectivity index (χ3n) is 3.23. The van der Waals surface area contributed by atoms with Gasteiger partial charge in [0, 0.05) is 11.3 Å². The molecule has 0 aliphatic heterocycles. The van der Waals surface area contributed by atoms with Gasteiger partial charge in [-0.15, -0.1) is 0 Å². The number of rotatable bonds is 2. The summed E-state index contributed by atoms with van der Waals surface area (Å²) in [6, 6.07) is 10.5. The van der Waals surface area contributed by atoms with Crippen LogP contribution in [0, 0.1) is 20.8 Å². The first-order valence-electron chi connectivity index (χ1n) is 6.15. The standard InChI is InChI=1S/C16H17NO2/c1-10-4-5-13(8-11(10)2)16(19)17-15-7-6-14(18)9-12(15)3/h4-9,18H,1-3H3,(H,17,19). The summed E-state index contributed by atoms with van der Waals surface area (Å²) in [5, 5.41) is 12.2. The van der Waals surface area contributed by atoms with Gasteiger partial charge in [0.2, 0.25) is 0 Å². The first-order chi connectivity index (χ1) is 8.97. The Labute approximate surface area is 112 Å². The lowest BCUT2D eigenvalue weighted by atomic mass is 10.1. The molecule has 1 amide bonds. The highest BCUT2D eigenvalue weighted by atomic mass is 16.3. The van der Waals surface area contributed by atoms with E-state index >= 15 is 0 Å². The maximum Gasteiger partial charge on any atom is 0.255 e. The van der Waals surface area contributed by atoms with Gasteiger partial charge < -0.3 is 10.4 Å². The van der Waals surface area contributed by atoms with Crippen molar-refractivity contribution < 1.29 is 9.90 Å². The summed E-state index contributed by atoms with van der Waals surface area (Å²) in [6.07, 6.45) is 0. The maximum absolute atomic E-state index is 12.1. The normalized spacial score (nSPS) is 10.3. The fourth-order valence-corrected chi connectivity index (χ4v) is 1.87. The summed E-state index contributed by atoms with van der Waals surface area (Å²) in [7, 11) is 0. The second-order valence-corrected chi connectivity index (χ2v) is 4.75. The molecule has 98 valence electrons. The van der Waals surface area contributed by atoms with Crippen LogP contribution in [0.5, 0.6) is 5.75 Å². The van der Waals surface area contributed by atoms with Crippen LogP contribution < -0.4 is 5.32 Å². The van der Waals surface area contributed by atoms with E-state index in [1.165, 1.54) is 0 Å². The van der Waals surface area contributed by atoms with Crippen molar-refractivity contribution in [3.8, 4) is 5.75 Å². The molecule has 0 aliphatic rings. The molecule has 0 saturated heterocycles. The Hall–Kier alpha value is -2.29. The number of benzene rings is 2. The van der Waals surface area contributed by atoms with E-state index in [1.54, 1.807) is 18.2 Å². The van der Waals surface area contributed by atoms with E-state index in [-0.39, 0.29) is 11.7 Å². The molecule has 0 radical (unpaired) electrons. The first-order valence-corrected chi connectivity index (χ1v) is 6.15. The summed E-state index contributed by atoms with van der Waals surface area (Å²) in [5.74, 6) is 0.0542. The monoisotopic (exact) mass is 255 g/mol. The molecule has 3 heteroatoms. The highest BCUT2D eigenvalue weighted by molar-refractivity contribution is 6.04. The van der Waals surface area contributed by atoms with Gasteiger partial charge in [0.1, 0.15) is 5.75 Å². The zero-order chi connectivity index (χ0) is 14.0. The lowest BCUT2D eigenvalue weighted by Gasteiger charge is -2.10. The van der Waals surface area contributed by atoms with Gasteiger partial charge in [-0.1, -0.05) is 6.07 Å². The van der Waals surface area contributed by atoms with Crippen molar-refractivity contribution in [3.63, 3.8) is 0 Å². The molecule has 2 aromatic rings. The van der Waals surface area contributed by atoms with Gasteiger partial charge in [0.15, 0.2) is 0 Å². The zero-order valence-corrected chi connectivity index (χ0v) is 11.3. The van der Waals surface area contributed by atoms with Gasteiger partial charge in [-0.3, -0.25) is 4.79 Å². The van der Waals surface area contributed by atoms with Gasteiger partial charge in [0.05, 0.1) is 0 Å². The van der Waals surface area contributed by atoms with Gasteiger partial charge in [-0.25, -0.2) is 0 Å². The van der Waals surface area contributed by atoms with Crippen LogP contribution in [0.25, 0.3) is 0 Å². The quantitative estimate of drug-likeness (QED) is 0.806. The van der Waals surface area contributed by atoms with Gasteiger partial charge in [-0.05, 0) is 67.8 Å². The molecule has 0 spiro atoms. The highest BCUT2D eigenvalue weighted by Gasteiger charge is 2.08. The van der Waals surface area contributed by atoms with Crippen molar-refractivity contribution in [2.45, 2.75) is 20.8 Å². The molecule has 2 aromatic carbocycles. The van der Waals surface area contributed by atoms with E-state index in [2.05, 4.69) is 5.32 Å². The smallest absolute Gasteiger partial charge is 0.255 e. The number of aromatic hydroxyl groups is 1. The van der Waals surface area contributed by atoms with Crippen molar-refractivity contribution in [3.05, 3.63) is 58.7 Å². The largest absolute Gasteiger partial charge is 0.508 e. The van der Waals surface area contributed by atoms with Crippen LogP contribution in [0.4, 0.5) is 5.69 Å². The van der Waals surface area contributed by atoms with Crippen LogP contribution >= 0.6 is 0 Å². The van der Waals surface area contributed by atoms with Crippen molar-refractivity contribution in [2.24, 2.45) is 0 Å². The number of carbonyl (C=O) groups is 1. The lowest BCUT2D eigenvalue weighted by Crippen LogP contribution is -2.13. The van der Waals surface area contributed by atoms with Crippen LogP contribution in [0.3, 0.4) is 0 Å². The molecule has 2 N–H and O–H groups in total. The summed E-state index contributed by atoms with van der Waals surface area (Å²) in [5.41, 5.74) is 4.43. The van der Waals surface area contributed by atoms with Crippen molar-refractivity contribution >= 4 is 11.6 Å². The van der Waals surface area contributed by atoms with Crippen molar-refractivity contribution in [2.75, 3.05) is 5.32 Å². The van der Waals surface area contributed by atoms with Crippen molar-refractivity contribution in [1.82, 2.24) is 0 Å². The van der Waals surface area contributed by atoms with Gasteiger partial charge in [-0.2, -0.15) is 0 Å². The molecule has 0 aliphatic carbocycles. The average molecular weight is 255 g/mol. The Balaban J connectivity index is 2.23. The second kappa shape index (κ2) is 5.14. The number of carbonyl (C=O) groups excluding carboxylic acids is 1. The van der Waals surface area contributed by atoms with Crippen molar-refractivity contribution in [1.29, 1.82) is 0 Å². The molecule has 0 aromatic heterocycles. The predicted octanol–water partition coefficient (Wildman–Crippen LogP) is 3.57. The number of phenols is 1. The molecular weight excluding hydrogens is 238 g/mol. The van der Waals surface area contributed by atoms with E-state index in [9.17, 15) is 9.90 Å². The van der Waals surface area contributed by atoms with E-state index < -0.39 is 0 Å². The van der Waals surface area contributed by atoms with E-state index in [1.807, 2.05) is 39.0 Å². The Kier molecular flexibility index (Phi) is 3.56. The van der Waals surface area contributed by atoms with Gasteiger partial charge in [0.25, 0.3) is 5.91 Å². The molecular formula is C16H17NO2. The zero-order valence-electron chi connectivity index (χ0n) is 11.3. The maximum atomic E-state index is 12.1. The Bertz CT molecular complexity index is 633. The molecule has 0 heterocycles. The highest BCUT2D eigenvalue weighted by Crippen LogP contribution is 2.21. The van der Waals surface area contributed by atoms with Crippen LogP contribution in [0.2, 0.25) is 0 Å². The minimum absolute atomic E-state index is 0.142. The van der Waals surface area contributed by atoms with E-state index in [0.717, 1.165) is 16.7 Å². The fourth-order valence-electron chi connectivity index (χ4n) is 1.87. The van der Waals surface area contributed by atoms with E-state index in [4.69, 9.17) is 0 Å². The molecule has 0 atom stereocenters. The topological polar surface area (TPSA) is 49.3 Å². The summed E-state index contributed by atoms with van der Waals surface area (Å²) < 4.78 is 0. The number of hydrogen-bond donors (Lipinski definition) is 2. The summed E-state index contributed by atoms with van der Waals surface area (Å²) in [6.45, 7) is 5.84. The minimum atomic E-state index is -0.142. The minimum Gasteiger partial charge on any atom is -0.508 e.